The molecule has 0 heterocycles. The lowest BCUT2D eigenvalue weighted by Gasteiger charge is -2.04. The Balaban J connectivity index is 1.58. The summed E-state index contributed by atoms with van der Waals surface area (Å²) in [6.45, 7) is 1.88. The number of hydrogen-bond donors (Lipinski definition) is 1. The molecule has 1 fully saturated rings. The fourth-order valence-electron chi connectivity index (χ4n) is 2.67. The number of ether oxygens (including phenoxy) is 1. The lowest BCUT2D eigenvalue weighted by molar-refractivity contribution is -0.122. The number of nitrogens with one attached hydrogen (secondary N) is 1. The van der Waals surface area contributed by atoms with Crippen molar-refractivity contribution < 1.29 is 9.53 Å². The number of benzene rings is 2. The second-order valence-corrected chi connectivity index (χ2v) is 5.76. The number of methoxy groups -OCH3 is 1. The Bertz CT molecular complexity index is 708. The topological polar surface area (TPSA) is 50.7 Å². The fourth-order valence-corrected chi connectivity index (χ4v) is 2.67. The zero-order valence-corrected chi connectivity index (χ0v) is 13.3. The van der Waals surface area contributed by atoms with Crippen molar-refractivity contribution in [2.45, 2.75) is 19.3 Å². The normalized spacial score (nSPS) is 20.0. The summed E-state index contributed by atoms with van der Waals surface area (Å²) in [5.74, 6) is 1.15. The van der Waals surface area contributed by atoms with Crippen molar-refractivity contribution in [2.75, 3.05) is 7.11 Å². The number of hydrogen-bond acceptors (Lipinski definition) is 3. The molecule has 4 nitrogen and oxygen atoms in total. The molecule has 1 amide bonds. The number of carbonyl (C=O) groups is 1. The van der Waals surface area contributed by atoms with Crippen molar-refractivity contribution in [1.82, 2.24) is 5.43 Å². The molecule has 1 saturated carbocycles. The molecule has 3 rings (SSSR count). The molecule has 0 bridgehead atoms. The van der Waals surface area contributed by atoms with Gasteiger partial charge in [0.05, 0.1) is 12.8 Å². The summed E-state index contributed by atoms with van der Waals surface area (Å²) in [6.07, 6.45) is 0.896. The van der Waals surface area contributed by atoms with E-state index in [0.717, 1.165) is 23.4 Å². The van der Waals surface area contributed by atoms with Gasteiger partial charge in [-0.3, -0.25) is 4.79 Å². The van der Waals surface area contributed by atoms with Gasteiger partial charge in [0, 0.05) is 5.92 Å². The highest BCUT2D eigenvalue weighted by Crippen LogP contribution is 2.47. The summed E-state index contributed by atoms with van der Waals surface area (Å²) in [6, 6.07) is 17.8. The van der Waals surface area contributed by atoms with Crippen LogP contribution in [0, 0.1) is 5.92 Å². The van der Waals surface area contributed by atoms with Gasteiger partial charge in [0.25, 0.3) is 0 Å². The predicted octanol–water partition coefficient (Wildman–Crippen LogP) is 3.34. The van der Waals surface area contributed by atoms with Crippen LogP contribution >= 0.6 is 0 Å². The quantitative estimate of drug-likeness (QED) is 0.680. The standard InChI is InChI=1S/C19H20N2O2/c1-13(14-8-10-16(23-2)11-9-14)20-21-19(22)18-12-17(18)15-6-4-3-5-7-15/h3-11,17-18H,12H2,1-2H3,(H,21,22)/b20-13-/t17-,18-/m0/s1. The molecule has 118 valence electrons. The lowest BCUT2D eigenvalue weighted by atomic mass is 10.1. The second kappa shape index (κ2) is 6.65. The number of nitrogens with zero attached hydrogens (tertiary/aromatic N) is 1. The van der Waals surface area contributed by atoms with E-state index in [2.05, 4.69) is 22.7 Å². The van der Waals surface area contributed by atoms with Crippen LogP contribution in [0.25, 0.3) is 0 Å². The first-order valence-corrected chi connectivity index (χ1v) is 7.72. The zero-order valence-electron chi connectivity index (χ0n) is 13.3. The van der Waals surface area contributed by atoms with Crippen LogP contribution in [0.4, 0.5) is 0 Å². The summed E-state index contributed by atoms with van der Waals surface area (Å²) < 4.78 is 5.13. The molecule has 1 aliphatic rings. The molecule has 0 radical (unpaired) electrons. The van der Waals surface area contributed by atoms with Gasteiger partial charge < -0.3 is 4.74 Å². The van der Waals surface area contributed by atoms with Gasteiger partial charge in [-0.2, -0.15) is 5.10 Å². The van der Waals surface area contributed by atoms with Gasteiger partial charge in [0.1, 0.15) is 5.75 Å². The summed E-state index contributed by atoms with van der Waals surface area (Å²) in [5, 5.41) is 4.22. The van der Waals surface area contributed by atoms with Crippen molar-refractivity contribution >= 4 is 11.6 Å². The highest BCUT2D eigenvalue weighted by molar-refractivity contribution is 5.99. The molecular weight excluding hydrogens is 288 g/mol. The molecule has 1 aliphatic carbocycles. The Morgan fingerprint density at radius 1 is 1.13 bits per heavy atom. The largest absolute Gasteiger partial charge is 0.497 e. The molecule has 0 saturated heterocycles. The zero-order chi connectivity index (χ0) is 16.2. The van der Waals surface area contributed by atoms with Gasteiger partial charge in [0.2, 0.25) is 5.91 Å². The Labute approximate surface area is 136 Å². The number of carbonyl (C=O) groups excluding carboxylic acids is 1. The van der Waals surface area contributed by atoms with Crippen LogP contribution in [0.2, 0.25) is 0 Å². The highest BCUT2D eigenvalue weighted by Gasteiger charge is 2.43. The maximum absolute atomic E-state index is 12.2. The van der Waals surface area contributed by atoms with E-state index in [1.54, 1.807) is 7.11 Å². The van der Waals surface area contributed by atoms with E-state index in [4.69, 9.17) is 4.74 Å². The molecule has 0 aliphatic heterocycles. The van der Waals surface area contributed by atoms with Crippen molar-refractivity contribution in [3.63, 3.8) is 0 Å². The van der Waals surface area contributed by atoms with Crippen LogP contribution < -0.4 is 10.2 Å². The van der Waals surface area contributed by atoms with Crippen LogP contribution in [0.1, 0.15) is 30.4 Å². The molecule has 0 unspecified atom stereocenters. The minimum Gasteiger partial charge on any atom is -0.497 e. The first-order chi connectivity index (χ1) is 11.2. The summed E-state index contributed by atoms with van der Waals surface area (Å²) in [4.78, 5) is 12.2. The molecule has 0 aromatic heterocycles. The van der Waals surface area contributed by atoms with Crippen LogP contribution in [-0.2, 0) is 4.79 Å². The van der Waals surface area contributed by atoms with E-state index >= 15 is 0 Å². The smallest absolute Gasteiger partial charge is 0.243 e. The summed E-state index contributed by atoms with van der Waals surface area (Å²) in [7, 11) is 1.63. The van der Waals surface area contributed by atoms with Crippen molar-refractivity contribution in [2.24, 2.45) is 11.0 Å². The molecule has 2 aromatic carbocycles. The monoisotopic (exact) mass is 308 g/mol. The Kier molecular flexibility index (Phi) is 4.42. The SMILES string of the molecule is COc1ccc(/C(C)=N\NC(=O)[C@H]2C[C@H]2c2ccccc2)cc1. The van der Waals surface area contributed by atoms with Crippen molar-refractivity contribution in [3.8, 4) is 5.75 Å². The van der Waals surface area contributed by atoms with E-state index in [0.29, 0.717) is 5.92 Å². The van der Waals surface area contributed by atoms with Gasteiger partial charge in [-0.15, -0.1) is 0 Å². The highest BCUT2D eigenvalue weighted by atomic mass is 16.5. The number of hydrazone groups is 1. The molecule has 1 N–H and O–H groups in total. The van der Waals surface area contributed by atoms with E-state index in [1.165, 1.54) is 5.56 Å². The number of amides is 1. The van der Waals surface area contributed by atoms with Crippen molar-refractivity contribution in [1.29, 1.82) is 0 Å². The third-order valence-corrected chi connectivity index (χ3v) is 4.20. The van der Waals surface area contributed by atoms with Crippen LogP contribution in [-0.4, -0.2) is 18.7 Å². The van der Waals surface area contributed by atoms with Crippen LogP contribution in [0.3, 0.4) is 0 Å². The molecule has 2 aromatic rings. The second-order valence-electron chi connectivity index (χ2n) is 5.76. The minimum absolute atomic E-state index is 0.00767. The first kappa shape index (κ1) is 15.3. The first-order valence-electron chi connectivity index (χ1n) is 7.72. The van der Waals surface area contributed by atoms with Gasteiger partial charge in [0.15, 0.2) is 0 Å². The van der Waals surface area contributed by atoms with Crippen molar-refractivity contribution in [3.05, 3.63) is 65.7 Å². The maximum Gasteiger partial charge on any atom is 0.243 e. The number of rotatable bonds is 5. The Morgan fingerprint density at radius 3 is 2.48 bits per heavy atom. The third kappa shape index (κ3) is 3.59. The molecular formula is C19H20N2O2. The Hall–Kier alpha value is -2.62. The fraction of sp³-hybridized carbons (Fsp3) is 0.263. The maximum atomic E-state index is 12.2. The van der Waals surface area contributed by atoms with Gasteiger partial charge in [-0.05, 0) is 54.7 Å². The predicted molar refractivity (Wildman–Crippen MR) is 90.6 cm³/mol. The average Bonchev–Trinajstić information content (AvgIpc) is 3.41. The van der Waals surface area contributed by atoms with Gasteiger partial charge in [-0.1, -0.05) is 30.3 Å². The van der Waals surface area contributed by atoms with E-state index in [-0.39, 0.29) is 11.8 Å². The molecule has 23 heavy (non-hydrogen) atoms. The average molecular weight is 308 g/mol. The van der Waals surface area contributed by atoms with E-state index in [9.17, 15) is 4.79 Å². The molecule has 0 spiro atoms. The molecule has 4 heteroatoms. The third-order valence-electron chi connectivity index (χ3n) is 4.20. The van der Waals surface area contributed by atoms with E-state index < -0.39 is 0 Å². The minimum atomic E-state index is -0.00767. The van der Waals surface area contributed by atoms with Gasteiger partial charge in [-0.25, -0.2) is 5.43 Å². The lowest BCUT2D eigenvalue weighted by Crippen LogP contribution is -2.21. The molecule has 2 atom stereocenters. The Morgan fingerprint density at radius 2 is 1.83 bits per heavy atom. The van der Waals surface area contributed by atoms with Crippen LogP contribution in [0.5, 0.6) is 5.75 Å². The van der Waals surface area contributed by atoms with Gasteiger partial charge >= 0.3 is 0 Å². The summed E-state index contributed by atoms with van der Waals surface area (Å²) in [5.41, 5.74) is 5.65. The van der Waals surface area contributed by atoms with E-state index in [1.807, 2.05) is 49.4 Å². The van der Waals surface area contributed by atoms with Crippen LogP contribution in [0.15, 0.2) is 59.7 Å². The summed E-state index contributed by atoms with van der Waals surface area (Å²) >= 11 is 0.